The van der Waals surface area contributed by atoms with Crippen molar-refractivity contribution in [2.45, 2.75) is 56.7 Å². The number of nitrogens with one attached hydrogen (secondary N) is 3. The molecule has 0 radical (unpaired) electrons. The quantitative estimate of drug-likeness (QED) is 0.233. The summed E-state index contributed by atoms with van der Waals surface area (Å²) in [5.41, 5.74) is 1.74. The van der Waals surface area contributed by atoms with Crippen LogP contribution in [0.3, 0.4) is 0 Å². The number of methoxy groups -OCH3 is 1. The number of hydrogen-bond acceptors (Lipinski definition) is 7. The molecule has 3 aliphatic rings. The summed E-state index contributed by atoms with van der Waals surface area (Å²) in [6.45, 7) is 2.22. The van der Waals surface area contributed by atoms with Crippen LogP contribution in [0.1, 0.15) is 36.8 Å². The molecule has 2 aromatic rings. The maximum Gasteiger partial charge on any atom is 0.492 e. The van der Waals surface area contributed by atoms with Crippen molar-refractivity contribution in [2.24, 2.45) is 0 Å². The highest BCUT2D eigenvalue weighted by molar-refractivity contribution is 6.61. The number of ether oxygens (including phenoxy) is 2. The van der Waals surface area contributed by atoms with Gasteiger partial charge in [-0.3, -0.25) is 9.59 Å². The molecule has 11 nitrogen and oxygen atoms in total. The summed E-state index contributed by atoms with van der Waals surface area (Å²) >= 11 is 0. The van der Waals surface area contributed by atoms with Crippen LogP contribution in [0.15, 0.2) is 60.7 Å². The lowest BCUT2D eigenvalue weighted by atomic mass is 9.60. The van der Waals surface area contributed by atoms with Gasteiger partial charge in [-0.15, -0.1) is 0 Å². The zero-order valence-corrected chi connectivity index (χ0v) is 24.9. The van der Waals surface area contributed by atoms with Crippen LogP contribution in [-0.2, 0) is 41.4 Å². The zero-order valence-electron chi connectivity index (χ0n) is 24.9. The number of benzene rings is 2. The molecule has 3 aliphatic heterocycles. The second-order valence-electron chi connectivity index (χ2n) is 11.6. The van der Waals surface area contributed by atoms with Gasteiger partial charge in [-0.25, -0.2) is 4.79 Å². The molecule has 0 aromatic heterocycles. The van der Waals surface area contributed by atoms with E-state index in [1.54, 1.807) is 12.0 Å². The number of alkyl carbamates (subject to hydrolysis) is 1. The Balaban J connectivity index is 1.28. The molecule has 5 rings (SSSR count). The van der Waals surface area contributed by atoms with Crippen LogP contribution in [0.4, 0.5) is 4.79 Å². The molecule has 3 heterocycles. The molecular formula is C31H43BN4O7. The highest BCUT2D eigenvalue weighted by Gasteiger charge is 2.56. The number of amides is 3. The fourth-order valence-corrected chi connectivity index (χ4v) is 6.65. The third-order valence-corrected chi connectivity index (χ3v) is 8.79. The molecule has 43 heavy (non-hydrogen) atoms. The summed E-state index contributed by atoms with van der Waals surface area (Å²) in [4.78, 5) is 43.6. The zero-order chi connectivity index (χ0) is 30.1. The third kappa shape index (κ3) is 7.56. The standard InChI is InChI=1S/C31H43BN4O7/c1-40-19-9-15-28(32-35(17-20-42-32)18-21-43-32)34-29(37)27-14-8-16-36(27)30(38)26(22-24-10-4-2-5-11-24)33-31(39)41-23-25-12-6-3-7-13-25/h2-7,10-13,26-28,35H,8-9,14-23H2,1H3,(H,33,39)(H,34,37)/t26-,27+,28+/m0/s1. The summed E-state index contributed by atoms with van der Waals surface area (Å²) < 4.78 is 23.1. The first-order chi connectivity index (χ1) is 21.0. The number of rotatable bonds is 13. The minimum absolute atomic E-state index is 0.0881. The van der Waals surface area contributed by atoms with E-state index in [0.717, 1.165) is 30.6 Å². The van der Waals surface area contributed by atoms with Crippen LogP contribution in [0.2, 0.25) is 0 Å². The van der Waals surface area contributed by atoms with E-state index in [-0.39, 0.29) is 30.8 Å². The van der Waals surface area contributed by atoms with E-state index in [0.29, 0.717) is 45.6 Å². The molecule has 2 aromatic carbocycles. The Morgan fingerprint density at radius 3 is 2.35 bits per heavy atom. The van der Waals surface area contributed by atoms with Gasteiger partial charge in [-0.2, -0.15) is 0 Å². The van der Waals surface area contributed by atoms with Crippen molar-refractivity contribution in [1.29, 1.82) is 0 Å². The first-order valence-electron chi connectivity index (χ1n) is 15.4. The number of carbonyl (C=O) groups is 3. The van der Waals surface area contributed by atoms with Crippen molar-refractivity contribution in [1.82, 2.24) is 15.5 Å². The number of carbonyl (C=O) groups excluding carboxylic acids is 3. The SMILES string of the molecule is COCCC[C@@H](NC(=O)[C@H]1CCCN1C(=O)[C@H](Cc1ccccc1)NC(=O)OCc1ccccc1)[B-]12OCC[NH+]1CCO2. The molecule has 0 saturated carbocycles. The molecule has 3 N–H and O–H groups in total. The maximum absolute atomic E-state index is 14.0. The van der Waals surface area contributed by atoms with Crippen molar-refractivity contribution < 1.29 is 38.0 Å². The fraction of sp³-hybridized carbons (Fsp3) is 0.516. The highest BCUT2D eigenvalue weighted by Crippen LogP contribution is 2.23. The number of fused-ring (bicyclic) bond motifs is 1. The molecule has 0 bridgehead atoms. The summed E-state index contributed by atoms with van der Waals surface area (Å²) in [5, 5.41) is 6.01. The average molecular weight is 595 g/mol. The third-order valence-electron chi connectivity index (χ3n) is 8.79. The molecular weight excluding hydrogens is 551 g/mol. The lowest BCUT2D eigenvalue weighted by molar-refractivity contribution is -0.785. The van der Waals surface area contributed by atoms with Crippen LogP contribution in [-0.4, -0.2) is 94.1 Å². The molecule has 3 saturated heterocycles. The number of hydrogen-bond donors (Lipinski definition) is 3. The second kappa shape index (κ2) is 14.8. The topological polar surface area (TPSA) is 120 Å². The van der Waals surface area contributed by atoms with Gasteiger partial charge in [0.15, 0.2) is 0 Å². The van der Waals surface area contributed by atoms with Crippen molar-refractivity contribution in [3.05, 3.63) is 71.8 Å². The van der Waals surface area contributed by atoms with Crippen molar-refractivity contribution in [2.75, 3.05) is 46.6 Å². The van der Waals surface area contributed by atoms with Crippen LogP contribution in [0.25, 0.3) is 0 Å². The van der Waals surface area contributed by atoms with Crippen molar-refractivity contribution >= 4 is 24.6 Å². The van der Waals surface area contributed by atoms with Crippen LogP contribution in [0, 0.1) is 0 Å². The molecule has 0 aliphatic carbocycles. The molecule has 3 fully saturated rings. The molecule has 12 heteroatoms. The molecule has 0 spiro atoms. The van der Waals surface area contributed by atoms with Crippen molar-refractivity contribution in [3.63, 3.8) is 0 Å². The summed E-state index contributed by atoms with van der Waals surface area (Å²) in [5.74, 6) is -0.856. The Labute approximate surface area is 253 Å². The lowest BCUT2D eigenvalue weighted by Gasteiger charge is -2.40. The first kappa shape index (κ1) is 31.0. The Hall–Kier alpha value is -3.45. The number of quaternary nitrogens is 1. The highest BCUT2D eigenvalue weighted by atomic mass is 16.6. The number of likely N-dealkylation sites (tertiary alicyclic amines) is 1. The van der Waals surface area contributed by atoms with Gasteiger partial charge < -0.3 is 39.1 Å². The molecule has 232 valence electrons. The minimum Gasteiger partial charge on any atom is -0.508 e. The van der Waals surface area contributed by atoms with E-state index in [1.807, 2.05) is 60.7 Å². The Morgan fingerprint density at radius 2 is 1.67 bits per heavy atom. The molecule has 3 atom stereocenters. The van der Waals surface area contributed by atoms with Gasteiger partial charge in [-0.1, -0.05) is 67.1 Å². The van der Waals surface area contributed by atoms with Gasteiger partial charge in [0, 0.05) is 32.6 Å². The molecule has 3 amide bonds. The first-order valence-corrected chi connectivity index (χ1v) is 15.4. The van der Waals surface area contributed by atoms with Crippen LogP contribution in [0.5, 0.6) is 0 Å². The molecule has 0 unspecified atom stereocenters. The smallest absolute Gasteiger partial charge is 0.492 e. The van der Waals surface area contributed by atoms with Gasteiger partial charge in [0.05, 0.1) is 26.3 Å². The summed E-state index contributed by atoms with van der Waals surface area (Å²) in [7, 11) is 1.66. The largest absolute Gasteiger partial charge is 0.508 e. The van der Waals surface area contributed by atoms with Gasteiger partial charge in [0.1, 0.15) is 18.7 Å². The second-order valence-corrected chi connectivity index (χ2v) is 11.6. The minimum atomic E-state index is -1.73. The normalized spacial score (nSPS) is 24.3. The van der Waals surface area contributed by atoms with E-state index in [4.69, 9.17) is 18.8 Å². The summed E-state index contributed by atoms with van der Waals surface area (Å²) in [6, 6.07) is 17.3. The van der Waals surface area contributed by atoms with Gasteiger partial charge in [-0.05, 0) is 30.4 Å². The fourth-order valence-electron chi connectivity index (χ4n) is 6.65. The van der Waals surface area contributed by atoms with Crippen molar-refractivity contribution in [3.8, 4) is 0 Å². The van der Waals surface area contributed by atoms with E-state index >= 15 is 0 Å². The van der Waals surface area contributed by atoms with E-state index in [9.17, 15) is 14.4 Å². The predicted molar refractivity (Wildman–Crippen MR) is 160 cm³/mol. The maximum atomic E-state index is 14.0. The summed E-state index contributed by atoms with van der Waals surface area (Å²) in [6.07, 6.45) is 2.21. The lowest BCUT2D eigenvalue weighted by Crippen LogP contribution is -3.21. The van der Waals surface area contributed by atoms with E-state index in [1.165, 1.54) is 4.81 Å². The Bertz CT molecular complexity index is 1210. The van der Waals surface area contributed by atoms with Gasteiger partial charge >= 0.3 is 12.8 Å². The monoisotopic (exact) mass is 594 g/mol. The average Bonchev–Trinajstić information content (AvgIpc) is 3.77. The van der Waals surface area contributed by atoms with Crippen LogP contribution >= 0.6 is 0 Å². The van der Waals surface area contributed by atoms with Gasteiger partial charge in [0.2, 0.25) is 11.8 Å². The van der Waals surface area contributed by atoms with E-state index < -0.39 is 24.9 Å². The van der Waals surface area contributed by atoms with Gasteiger partial charge in [0.25, 0.3) is 0 Å². The number of nitrogens with zero attached hydrogens (tertiary/aromatic N) is 1. The van der Waals surface area contributed by atoms with E-state index in [2.05, 4.69) is 10.6 Å². The Morgan fingerprint density at radius 1 is 1.00 bits per heavy atom. The Kier molecular flexibility index (Phi) is 10.7. The van der Waals surface area contributed by atoms with Crippen LogP contribution < -0.4 is 15.4 Å². The predicted octanol–water partition coefficient (Wildman–Crippen LogP) is 0.850.